The molecule has 4 rings (SSSR count). The number of ether oxygens (including phenoxy) is 3. The number of benzene rings is 2. The molecule has 0 aliphatic carbocycles. The van der Waals surface area contributed by atoms with Crippen LogP contribution in [-0.4, -0.2) is 54.4 Å². The second-order valence-electron chi connectivity index (χ2n) is 7.33. The molecule has 0 aliphatic heterocycles. The van der Waals surface area contributed by atoms with Crippen molar-refractivity contribution < 1.29 is 19.0 Å². The molecule has 1 amide bonds. The summed E-state index contributed by atoms with van der Waals surface area (Å²) in [5.74, 6) is 1.06. The fourth-order valence-electron chi connectivity index (χ4n) is 3.72. The molecule has 2 aromatic carbocycles. The van der Waals surface area contributed by atoms with Crippen molar-refractivity contribution in [1.29, 1.82) is 0 Å². The molecule has 4 aromatic rings. The summed E-state index contributed by atoms with van der Waals surface area (Å²) in [6.07, 6.45) is 0.697. The highest BCUT2D eigenvalue weighted by atomic mass is 16.5. The van der Waals surface area contributed by atoms with Gasteiger partial charge in [-0.25, -0.2) is 9.97 Å². The fourth-order valence-corrected chi connectivity index (χ4v) is 3.72. The van der Waals surface area contributed by atoms with Crippen molar-refractivity contribution in [3.05, 3.63) is 48.0 Å². The number of anilines is 1. The zero-order valence-electron chi connectivity index (χ0n) is 18.9. The molecular formula is C24H27N5O4. The van der Waals surface area contributed by atoms with Gasteiger partial charge in [-0.05, 0) is 37.6 Å². The molecule has 0 unspecified atom stereocenters. The number of fused-ring (bicyclic) bond motifs is 2. The van der Waals surface area contributed by atoms with Crippen LogP contribution in [0.15, 0.2) is 42.5 Å². The summed E-state index contributed by atoms with van der Waals surface area (Å²) in [5, 5.41) is 2.92. The number of carbonyl (C=O) groups is 1. The largest absolute Gasteiger partial charge is 0.493 e. The van der Waals surface area contributed by atoms with E-state index in [-0.39, 0.29) is 17.3 Å². The maximum atomic E-state index is 13.2. The second-order valence-corrected chi connectivity index (χ2v) is 7.33. The fraction of sp³-hybridized carbons (Fsp3) is 0.292. The van der Waals surface area contributed by atoms with E-state index < -0.39 is 0 Å². The average molecular weight is 450 g/mol. The molecule has 33 heavy (non-hydrogen) atoms. The Labute approximate surface area is 191 Å². The van der Waals surface area contributed by atoms with Gasteiger partial charge >= 0.3 is 0 Å². The Balaban J connectivity index is 1.85. The minimum atomic E-state index is -0.308. The molecule has 0 radical (unpaired) electrons. The number of methoxy groups -OCH3 is 2. The average Bonchev–Trinajstić information content (AvgIpc) is 3.12. The summed E-state index contributed by atoms with van der Waals surface area (Å²) in [6, 6.07) is 12.9. The molecule has 0 spiro atoms. The first kappa shape index (κ1) is 22.3. The van der Waals surface area contributed by atoms with Crippen molar-refractivity contribution in [3.8, 4) is 17.2 Å². The molecule has 2 heterocycles. The normalized spacial score (nSPS) is 11.1. The van der Waals surface area contributed by atoms with Gasteiger partial charge in [-0.3, -0.25) is 9.36 Å². The zero-order valence-corrected chi connectivity index (χ0v) is 18.9. The predicted molar refractivity (Wildman–Crippen MR) is 127 cm³/mol. The molecule has 2 aromatic heterocycles. The first-order valence-corrected chi connectivity index (χ1v) is 10.7. The van der Waals surface area contributed by atoms with Crippen LogP contribution in [0.25, 0.3) is 27.9 Å². The Morgan fingerprint density at radius 1 is 1.06 bits per heavy atom. The quantitative estimate of drug-likeness (QED) is 0.377. The van der Waals surface area contributed by atoms with E-state index in [2.05, 4.69) is 5.32 Å². The summed E-state index contributed by atoms with van der Waals surface area (Å²) in [6.45, 7) is 3.61. The van der Waals surface area contributed by atoms with Gasteiger partial charge in [0.1, 0.15) is 16.9 Å². The topological polar surface area (TPSA) is 114 Å². The number of hydrogen-bond donors (Lipinski definition) is 2. The maximum absolute atomic E-state index is 13.2. The smallest absolute Gasteiger partial charge is 0.257 e. The molecule has 0 bridgehead atoms. The molecule has 9 nitrogen and oxygen atoms in total. The van der Waals surface area contributed by atoms with Gasteiger partial charge in [-0.2, -0.15) is 0 Å². The van der Waals surface area contributed by atoms with E-state index in [1.165, 1.54) is 0 Å². The van der Waals surface area contributed by atoms with Crippen LogP contribution in [0, 0.1) is 0 Å². The first-order chi connectivity index (χ1) is 16.1. The molecule has 0 atom stereocenters. The molecule has 172 valence electrons. The van der Waals surface area contributed by atoms with Crippen molar-refractivity contribution in [1.82, 2.24) is 19.9 Å². The summed E-state index contributed by atoms with van der Waals surface area (Å²) in [7, 11) is 3.13. The molecule has 0 aliphatic rings. The third-order valence-electron chi connectivity index (χ3n) is 5.31. The van der Waals surface area contributed by atoms with E-state index in [0.717, 1.165) is 0 Å². The highest BCUT2D eigenvalue weighted by Gasteiger charge is 2.25. The van der Waals surface area contributed by atoms with E-state index in [0.29, 0.717) is 65.6 Å². The van der Waals surface area contributed by atoms with Crippen LogP contribution >= 0.6 is 0 Å². The molecule has 3 N–H and O–H groups in total. The van der Waals surface area contributed by atoms with Crippen LogP contribution in [0.4, 0.5) is 5.82 Å². The third-order valence-corrected chi connectivity index (χ3v) is 5.31. The maximum Gasteiger partial charge on any atom is 0.257 e. The molecule has 0 fully saturated rings. The third kappa shape index (κ3) is 4.27. The van der Waals surface area contributed by atoms with Crippen LogP contribution in [0.2, 0.25) is 0 Å². The lowest BCUT2D eigenvalue weighted by molar-refractivity contribution is 0.0946. The van der Waals surface area contributed by atoms with Crippen molar-refractivity contribution in [2.75, 3.05) is 39.7 Å². The van der Waals surface area contributed by atoms with Gasteiger partial charge in [0.15, 0.2) is 17.1 Å². The summed E-state index contributed by atoms with van der Waals surface area (Å²) >= 11 is 0. The number of nitrogens with two attached hydrogens (primary N) is 1. The molecule has 0 saturated carbocycles. The SMILES string of the molecule is CCOCCCNC(=O)c1c(N)n(-c2ccc(OC)c(OC)c2)c2nc3ccccc3nc12. The van der Waals surface area contributed by atoms with Crippen LogP contribution in [-0.2, 0) is 4.74 Å². The number of rotatable bonds is 9. The van der Waals surface area contributed by atoms with E-state index in [4.69, 9.17) is 29.9 Å². The molecule has 9 heteroatoms. The van der Waals surface area contributed by atoms with Gasteiger partial charge in [-0.1, -0.05) is 12.1 Å². The predicted octanol–water partition coefficient (Wildman–Crippen LogP) is 3.33. The number of aromatic nitrogens is 3. The lowest BCUT2D eigenvalue weighted by Gasteiger charge is -2.12. The van der Waals surface area contributed by atoms with Crippen molar-refractivity contribution >= 4 is 33.9 Å². The molecule has 0 saturated heterocycles. The Morgan fingerprint density at radius 3 is 2.48 bits per heavy atom. The van der Waals surface area contributed by atoms with Gasteiger partial charge < -0.3 is 25.3 Å². The van der Waals surface area contributed by atoms with Crippen LogP contribution in [0.3, 0.4) is 0 Å². The Bertz CT molecular complexity index is 1300. The number of para-hydroxylation sites is 2. The minimum Gasteiger partial charge on any atom is -0.493 e. The molecular weight excluding hydrogens is 422 g/mol. The number of hydrogen-bond acceptors (Lipinski definition) is 7. The number of amides is 1. The van der Waals surface area contributed by atoms with Gasteiger partial charge in [0.2, 0.25) is 0 Å². The monoisotopic (exact) mass is 449 g/mol. The Kier molecular flexibility index (Phi) is 6.60. The first-order valence-electron chi connectivity index (χ1n) is 10.7. The minimum absolute atomic E-state index is 0.245. The van der Waals surface area contributed by atoms with Gasteiger partial charge in [0, 0.05) is 25.8 Å². The summed E-state index contributed by atoms with van der Waals surface area (Å²) < 4.78 is 17.9. The lowest BCUT2D eigenvalue weighted by atomic mass is 10.2. The van der Waals surface area contributed by atoms with Gasteiger partial charge in [-0.15, -0.1) is 0 Å². The number of nitrogens with zero attached hydrogens (tertiary/aromatic N) is 3. The van der Waals surface area contributed by atoms with Crippen molar-refractivity contribution in [2.24, 2.45) is 0 Å². The van der Waals surface area contributed by atoms with Gasteiger partial charge in [0.05, 0.1) is 30.9 Å². The van der Waals surface area contributed by atoms with Crippen molar-refractivity contribution in [3.63, 3.8) is 0 Å². The van der Waals surface area contributed by atoms with Gasteiger partial charge in [0.25, 0.3) is 5.91 Å². The van der Waals surface area contributed by atoms with Crippen molar-refractivity contribution in [2.45, 2.75) is 13.3 Å². The number of nitrogens with one attached hydrogen (secondary N) is 1. The number of nitrogen functional groups attached to an aromatic ring is 1. The highest BCUT2D eigenvalue weighted by Crippen LogP contribution is 2.35. The Hall–Kier alpha value is -3.85. The van der Waals surface area contributed by atoms with Crippen LogP contribution in [0.5, 0.6) is 11.5 Å². The zero-order chi connectivity index (χ0) is 23.4. The summed E-state index contributed by atoms with van der Waals surface area (Å²) in [4.78, 5) is 22.7. The van der Waals surface area contributed by atoms with Crippen LogP contribution < -0.4 is 20.5 Å². The summed E-state index contributed by atoms with van der Waals surface area (Å²) in [5.41, 5.74) is 9.81. The van der Waals surface area contributed by atoms with E-state index in [1.807, 2.05) is 37.3 Å². The van der Waals surface area contributed by atoms with E-state index in [1.54, 1.807) is 30.9 Å². The Morgan fingerprint density at radius 2 is 1.79 bits per heavy atom. The van der Waals surface area contributed by atoms with Crippen LogP contribution in [0.1, 0.15) is 23.7 Å². The highest BCUT2D eigenvalue weighted by molar-refractivity contribution is 6.11. The number of carbonyl (C=O) groups excluding carboxylic acids is 1. The van der Waals surface area contributed by atoms with E-state index >= 15 is 0 Å². The lowest BCUT2D eigenvalue weighted by Crippen LogP contribution is -2.26. The standard InChI is InChI=1S/C24H27N5O4/c1-4-33-13-7-12-26-24(30)20-21-23(28-17-9-6-5-8-16(17)27-21)29(22(20)25)15-10-11-18(31-2)19(14-15)32-3/h5-6,8-11,14H,4,7,12-13,25H2,1-3H3,(H,26,30). The second kappa shape index (κ2) is 9.74. The van der Waals surface area contributed by atoms with E-state index in [9.17, 15) is 4.79 Å².